The van der Waals surface area contributed by atoms with Gasteiger partial charge in [0.25, 0.3) is 0 Å². The van der Waals surface area contributed by atoms with Crippen LogP contribution in [0.15, 0.2) is 40.6 Å². The van der Waals surface area contributed by atoms with Crippen LogP contribution < -0.4 is 11.1 Å². The fourth-order valence-corrected chi connectivity index (χ4v) is 2.01. The van der Waals surface area contributed by atoms with Crippen LogP contribution in [-0.4, -0.2) is 27.6 Å². The smallest absolute Gasteiger partial charge is 0.225 e. The number of hydrogen-bond donors (Lipinski definition) is 3. The summed E-state index contributed by atoms with van der Waals surface area (Å²) in [6.07, 6.45) is 1.79. The van der Waals surface area contributed by atoms with Gasteiger partial charge in [0.05, 0.1) is 0 Å². The number of benzene rings is 1. The van der Waals surface area contributed by atoms with E-state index < -0.39 is 0 Å². The van der Waals surface area contributed by atoms with Crippen LogP contribution in [-0.2, 0) is 4.79 Å². The van der Waals surface area contributed by atoms with E-state index in [0.717, 1.165) is 15.7 Å². The highest BCUT2D eigenvalue weighted by Gasteiger charge is 2.02. The number of anilines is 1. The predicted octanol–water partition coefficient (Wildman–Crippen LogP) is 1.24. The summed E-state index contributed by atoms with van der Waals surface area (Å²) >= 11 is 1.47. The van der Waals surface area contributed by atoms with E-state index in [0.29, 0.717) is 13.0 Å². The molecule has 18 heavy (non-hydrogen) atoms. The summed E-state index contributed by atoms with van der Waals surface area (Å²) in [6.45, 7) is 0.352. The molecule has 0 aliphatic rings. The number of nitrogens with two attached hydrogens (primary N) is 1. The maximum atomic E-state index is 11.3. The van der Waals surface area contributed by atoms with E-state index >= 15 is 0 Å². The molecule has 1 amide bonds. The Morgan fingerprint density at radius 3 is 2.78 bits per heavy atom. The molecule has 4 N–H and O–H groups in total. The lowest BCUT2D eigenvalue weighted by Crippen LogP contribution is -2.15. The number of hydrogen-bond acceptors (Lipinski definition) is 5. The van der Waals surface area contributed by atoms with Gasteiger partial charge < -0.3 is 11.1 Å². The third-order valence-electron chi connectivity index (χ3n) is 2.12. The topological polar surface area (TPSA) is 96.7 Å². The number of rotatable bonds is 5. The SMILES string of the molecule is NCCC(=O)Nc1ccc(Sc2ncn[nH]2)cc1. The van der Waals surface area contributed by atoms with Crippen LogP contribution in [0.4, 0.5) is 5.69 Å². The summed E-state index contributed by atoms with van der Waals surface area (Å²) in [4.78, 5) is 16.4. The number of carbonyl (C=O) groups is 1. The average Bonchev–Trinajstić information content (AvgIpc) is 2.85. The summed E-state index contributed by atoms with van der Waals surface area (Å²) in [5, 5.41) is 10.0. The van der Waals surface area contributed by atoms with E-state index in [2.05, 4.69) is 20.5 Å². The molecule has 2 rings (SSSR count). The monoisotopic (exact) mass is 263 g/mol. The lowest BCUT2D eigenvalue weighted by atomic mass is 10.3. The second kappa shape index (κ2) is 6.18. The lowest BCUT2D eigenvalue weighted by Gasteiger charge is -2.04. The van der Waals surface area contributed by atoms with E-state index in [-0.39, 0.29) is 5.91 Å². The van der Waals surface area contributed by atoms with Gasteiger partial charge in [0.15, 0.2) is 5.16 Å². The molecule has 2 aromatic rings. The second-order valence-electron chi connectivity index (χ2n) is 3.50. The molecule has 0 radical (unpaired) electrons. The summed E-state index contributed by atoms with van der Waals surface area (Å²) in [5.41, 5.74) is 6.06. The predicted molar refractivity (Wildman–Crippen MR) is 69.2 cm³/mol. The second-order valence-corrected chi connectivity index (χ2v) is 4.57. The highest BCUT2D eigenvalue weighted by Crippen LogP contribution is 2.25. The average molecular weight is 263 g/mol. The van der Waals surface area contributed by atoms with E-state index in [1.54, 1.807) is 0 Å². The zero-order valence-electron chi connectivity index (χ0n) is 9.59. The Balaban J connectivity index is 1.95. The zero-order valence-corrected chi connectivity index (χ0v) is 10.4. The van der Waals surface area contributed by atoms with Gasteiger partial charge >= 0.3 is 0 Å². The Labute approximate surface area is 108 Å². The third kappa shape index (κ3) is 3.57. The van der Waals surface area contributed by atoms with Crippen molar-refractivity contribution in [1.29, 1.82) is 0 Å². The van der Waals surface area contributed by atoms with Crippen molar-refractivity contribution in [1.82, 2.24) is 15.2 Å². The van der Waals surface area contributed by atoms with Gasteiger partial charge in [0.2, 0.25) is 5.91 Å². The number of aromatic nitrogens is 3. The molecule has 0 spiro atoms. The van der Waals surface area contributed by atoms with Gasteiger partial charge in [-0.15, -0.1) is 0 Å². The van der Waals surface area contributed by atoms with Crippen LogP contribution in [0.3, 0.4) is 0 Å². The minimum atomic E-state index is -0.0758. The number of carbonyl (C=O) groups excluding carboxylic acids is 1. The van der Waals surface area contributed by atoms with Gasteiger partial charge in [-0.25, -0.2) is 4.98 Å². The third-order valence-corrected chi connectivity index (χ3v) is 3.01. The van der Waals surface area contributed by atoms with E-state index in [1.165, 1.54) is 18.1 Å². The highest BCUT2D eigenvalue weighted by molar-refractivity contribution is 7.99. The lowest BCUT2D eigenvalue weighted by molar-refractivity contribution is -0.116. The molecular weight excluding hydrogens is 250 g/mol. The van der Waals surface area contributed by atoms with Gasteiger partial charge in [0.1, 0.15) is 6.33 Å². The Hall–Kier alpha value is -1.86. The molecule has 0 saturated heterocycles. The molecule has 94 valence electrons. The Bertz CT molecular complexity index is 497. The van der Waals surface area contributed by atoms with E-state index in [1.807, 2.05) is 24.3 Å². The van der Waals surface area contributed by atoms with Crippen LogP contribution in [0.2, 0.25) is 0 Å². The van der Waals surface area contributed by atoms with Gasteiger partial charge in [0, 0.05) is 23.5 Å². The molecule has 1 aromatic heterocycles. The quantitative estimate of drug-likeness (QED) is 0.754. The summed E-state index contributed by atoms with van der Waals surface area (Å²) in [6, 6.07) is 7.50. The molecule has 0 saturated carbocycles. The Kier molecular flexibility index (Phi) is 4.32. The van der Waals surface area contributed by atoms with Crippen LogP contribution in [0.25, 0.3) is 0 Å². The van der Waals surface area contributed by atoms with Crippen molar-refractivity contribution in [2.24, 2.45) is 5.73 Å². The standard InChI is InChI=1S/C11H13N5OS/c12-6-5-10(17)15-8-1-3-9(4-2-8)18-11-13-7-14-16-11/h1-4,7H,5-6,12H2,(H,15,17)(H,13,14,16). The molecule has 1 heterocycles. The normalized spacial score (nSPS) is 10.3. The number of nitrogens with one attached hydrogen (secondary N) is 2. The van der Waals surface area contributed by atoms with Crippen LogP contribution >= 0.6 is 11.8 Å². The van der Waals surface area contributed by atoms with Crippen molar-refractivity contribution in [3.8, 4) is 0 Å². The Morgan fingerprint density at radius 2 is 2.17 bits per heavy atom. The van der Waals surface area contributed by atoms with Crippen molar-refractivity contribution >= 4 is 23.4 Å². The molecule has 7 heteroatoms. The molecule has 0 aliphatic carbocycles. The number of H-pyrrole nitrogens is 1. The number of aromatic amines is 1. The minimum absolute atomic E-state index is 0.0758. The van der Waals surface area contributed by atoms with Gasteiger partial charge in [-0.2, -0.15) is 5.10 Å². The molecule has 1 aromatic carbocycles. The van der Waals surface area contributed by atoms with Gasteiger partial charge in [-0.05, 0) is 24.3 Å². The fourth-order valence-electron chi connectivity index (χ4n) is 1.32. The Morgan fingerprint density at radius 1 is 1.39 bits per heavy atom. The van der Waals surface area contributed by atoms with E-state index in [4.69, 9.17) is 5.73 Å². The highest BCUT2D eigenvalue weighted by atomic mass is 32.2. The van der Waals surface area contributed by atoms with Crippen LogP contribution in [0, 0.1) is 0 Å². The van der Waals surface area contributed by atoms with Crippen LogP contribution in [0.1, 0.15) is 6.42 Å². The summed E-state index contributed by atoms with van der Waals surface area (Å²) < 4.78 is 0. The van der Waals surface area contributed by atoms with E-state index in [9.17, 15) is 4.79 Å². The first-order valence-electron chi connectivity index (χ1n) is 5.41. The van der Waals surface area contributed by atoms with Crippen LogP contribution in [0.5, 0.6) is 0 Å². The summed E-state index contributed by atoms with van der Waals surface area (Å²) in [5.74, 6) is -0.0758. The van der Waals surface area contributed by atoms with Crippen molar-refractivity contribution in [2.75, 3.05) is 11.9 Å². The zero-order chi connectivity index (χ0) is 12.8. The van der Waals surface area contributed by atoms with Gasteiger partial charge in [-0.3, -0.25) is 9.89 Å². The fraction of sp³-hybridized carbons (Fsp3) is 0.182. The number of amides is 1. The van der Waals surface area contributed by atoms with Gasteiger partial charge in [-0.1, -0.05) is 11.8 Å². The molecule has 0 aliphatic heterocycles. The first-order valence-corrected chi connectivity index (χ1v) is 6.23. The molecular formula is C11H13N5OS. The maximum Gasteiger partial charge on any atom is 0.225 e. The molecule has 0 unspecified atom stereocenters. The van der Waals surface area contributed by atoms with Crippen molar-refractivity contribution in [2.45, 2.75) is 16.5 Å². The minimum Gasteiger partial charge on any atom is -0.330 e. The first-order chi connectivity index (χ1) is 8.78. The molecule has 0 fully saturated rings. The van der Waals surface area contributed by atoms with Crippen molar-refractivity contribution in [3.63, 3.8) is 0 Å². The molecule has 6 nitrogen and oxygen atoms in total. The van der Waals surface area contributed by atoms with Crippen molar-refractivity contribution in [3.05, 3.63) is 30.6 Å². The largest absolute Gasteiger partial charge is 0.330 e. The first kappa shape index (κ1) is 12.6. The molecule has 0 atom stereocenters. The molecule has 0 bridgehead atoms. The number of nitrogens with zero attached hydrogens (tertiary/aromatic N) is 2. The van der Waals surface area contributed by atoms with Crippen molar-refractivity contribution < 1.29 is 4.79 Å². The summed E-state index contributed by atoms with van der Waals surface area (Å²) in [7, 11) is 0. The maximum absolute atomic E-state index is 11.3.